The summed E-state index contributed by atoms with van der Waals surface area (Å²) in [4.78, 5) is 27.4. The standard InChI is InChI=1S/C22H27Cl2N3O5S/c1-5-20(22(29)25-2)26(13-15-7-6-8-17(11-15)32-3)21(28)14-27(33(4,30)31)16-9-10-18(23)19(24)12-16/h6-12,20H,5,13-14H2,1-4H3,(H,25,29)/t20-/m1/s1. The van der Waals surface area contributed by atoms with E-state index >= 15 is 0 Å². The predicted octanol–water partition coefficient (Wildman–Crippen LogP) is 3.32. The lowest BCUT2D eigenvalue weighted by Crippen LogP contribution is -2.51. The number of rotatable bonds is 10. The molecule has 1 N–H and O–H groups in total. The molecule has 0 bridgehead atoms. The van der Waals surface area contributed by atoms with E-state index in [1.54, 1.807) is 31.2 Å². The van der Waals surface area contributed by atoms with Crippen molar-refractivity contribution < 1.29 is 22.7 Å². The van der Waals surface area contributed by atoms with Gasteiger partial charge in [-0.1, -0.05) is 42.3 Å². The van der Waals surface area contributed by atoms with Crippen LogP contribution in [0.2, 0.25) is 10.0 Å². The van der Waals surface area contributed by atoms with Gasteiger partial charge in [0.25, 0.3) is 0 Å². The van der Waals surface area contributed by atoms with Crippen molar-refractivity contribution in [1.82, 2.24) is 10.2 Å². The number of hydrogen-bond donors (Lipinski definition) is 1. The van der Waals surface area contributed by atoms with Crippen molar-refractivity contribution in [2.45, 2.75) is 25.9 Å². The van der Waals surface area contributed by atoms with Crippen molar-refractivity contribution in [3.63, 3.8) is 0 Å². The Kier molecular flexibility index (Phi) is 9.39. The highest BCUT2D eigenvalue weighted by atomic mass is 35.5. The summed E-state index contributed by atoms with van der Waals surface area (Å²) in [6.07, 6.45) is 1.33. The minimum absolute atomic E-state index is 0.0843. The fourth-order valence-electron chi connectivity index (χ4n) is 3.31. The molecule has 2 rings (SSSR count). The van der Waals surface area contributed by atoms with Crippen LogP contribution in [0.15, 0.2) is 42.5 Å². The first kappa shape index (κ1) is 26.8. The number of nitrogens with one attached hydrogen (secondary N) is 1. The largest absolute Gasteiger partial charge is 0.497 e. The number of likely N-dealkylation sites (N-methyl/N-ethyl adjacent to an activating group) is 1. The van der Waals surface area contributed by atoms with Crippen LogP contribution in [0, 0.1) is 0 Å². The average molecular weight is 516 g/mol. The van der Waals surface area contributed by atoms with Crippen LogP contribution in [0.3, 0.4) is 0 Å². The molecule has 0 fully saturated rings. The molecule has 2 aromatic rings. The zero-order valence-electron chi connectivity index (χ0n) is 18.8. The number of halogens is 2. The number of carbonyl (C=O) groups is 2. The van der Waals surface area contributed by atoms with E-state index in [1.165, 1.54) is 37.3 Å². The fourth-order valence-corrected chi connectivity index (χ4v) is 4.44. The first-order chi connectivity index (χ1) is 15.5. The van der Waals surface area contributed by atoms with Gasteiger partial charge in [-0.15, -0.1) is 0 Å². The minimum Gasteiger partial charge on any atom is -0.497 e. The molecule has 33 heavy (non-hydrogen) atoms. The Hall–Kier alpha value is -2.49. The molecule has 2 aromatic carbocycles. The quantitative estimate of drug-likeness (QED) is 0.523. The molecule has 11 heteroatoms. The van der Waals surface area contributed by atoms with Gasteiger partial charge >= 0.3 is 0 Å². The van der Waals surface area contributed by atoms with Crippen molar-refractivity contribution in [3.05, 3.63) is 58.1 Å². The van der Waals surface area contributed by atoms with Gasteiger partial charge in [-0.05, 0) is 42.3 Å². The summed E-state index contributed by atoms with van der Waals surface area (Å²) in [5.74, 6) is -0.305. The van der Waals surface area contributed by atoms with Crippen LogP contribution in [0.5, 0.6) is 5.75 Å². The molecule has 2 amide bonds. The SMILES string of the molecule is CC[C@H](C(=O)NC)N(Cc1cccc(OC)c1)C(=O)CN(c1ccc(Cl)c(Cl)c1)S(C)(=O)=O. The van der Waals surface area contributed by atoms with E-state index in [1.807, 2.05) is 0 Å². The molecule has 0 radical (unpaired) electrons. The Morgan fingerprint density at radius 2 is 1.82 bits per heavy atom. The van der Waals surface area contributed by atoms with Crippen LogP contribution in [-0.2, 0) is 26.2 Å². The zero-order valence-corrected chi connectivity index (χ0v) is 21.2. The maximum Gasteiger partial charge on any atom is 0.244 e. The van der Waals surface area contributed by atoms with Crippen LogP contribution in [0.4, 0.5) is 5.69 Å². The minimum atomic E-state index is -3.85. The van der Waals surface area contributed by atoms with E-state index in [9.17, 15) is 18.0 Å². The van der Waals surface area contributed by atoms with Crippen molar-refractivity contribution >= 4 is 50.7 Å². The van der Waals surface area contributed by atoms with Crippen LogP contribution in [0.1, 0.15) is 18.9 Å². The molecule has 0 heterocycles. The molecule has 8 nitrogen and oxygen atoms in total. The van der Waals surface area contributed by atoms with Gasteiger partial charge in [0, 0.05) is 13.6 Å². The van der Waals surface area contributed by atoms with E-state index < -0.39 is 28.5 Å². The molecule has 180 valence electrons. The van der Waals surface area contributed by atoms with Gasteiger partial charge in [0.2, 0.25) is 21.8 Å². The van der Waals surface area contributed by atoms with Gasteiger partial charge in [-0.3, -0.25) is 13.9 Å². The third-order valence-electron chi connectivity index (χ3n) is 4.99. The number of methoxy groups -OCH3 is 1. The van der Waals surface area contributed by atoms with Gasteiger partial charge in [0.1, 0.15) is 18.3 Å². The summed E-state index contributed by atoms with van der Waals surface area (Å²) in [6, 6.07) is 10.6. The lowest BCUT2D eigenvalue weighted by molar-refractivity contribution is -0.140. The van der Waals surface area contributed by atoms with Crippen molar-refractivity contribution in [3.8, 4) is 5.75 Å². The second-order valence-corrected chi connectivity index (χ2v) is 10.0. The summed E-state index contributed by atoms with van der Waals surface area (Å²) in [6.45, 7) is 1.34. The summed E-state index contributed by atoms with van der Waals surface area (Å²) >= 11 is 12.0. The summed E-state index contributed by atoms with van der Waals surface area (Å²) in [5, 5.41) is 2.98. The smallest absolute Gasteiger partial charge is 0.244 e. The molecular weight excluding hydrogens is 489 g/mol. The third-order valence-corrected chi connectivity index (χ3v) is 6.87. The predicted molar refractivity (Wildman–Crippen MR) is 130 cm³/mol. The van der Waals surface area contributed by atoms with E-state index in [4.69, 9.17) is 27.9 Å². The first-order valence-electron chi connectivity index (χ1n) is 10.1. The number of nitrogens with zero attached hydrogens (tertiary/aromatic N) is 2. The van der Waals surface area contributed by atoms with Crippen LogP contribution in [-0.4, -0.2) is 58.1 Å². The second-order valence-electron chi connectivity index (χ2n) is 7.28. The van der Waals surface area contributed by atoms with Crippen LogP contribution in [0.25, 0.3) is 0 Å². The first-order valence-corrected chi connectivity index (χ1v) is 12.7. The number of benzene rings is 2. The lowest BCUT2D eigenvalue weighted by atomic mass is 10.1. The highest BCUT2D eigenvalue weighted by Gasteiger charge is 2.31. The maximum absolute atomic E-state index is 13.5. The summed E-state index contributed by atoms with van der Waals surface area (Å²) < 4.78 is 31.3. The number of anilines is 1. The molecule has 1 atom stereocenters. The Morgan fingerprint density at radius 3 is 2.36 bits per heavy atom. The zero-order chi connectivity index (χ0) is 24.8. The van der Waals surface area contributed by atoms with Crippen molar-refractivity contribution in [2.75, 3.05) is 31.3 Å². The molecular formula is C22H27Cl2N3O5S. The Balaban J connectivity index is 2.45. The van der Waals surface area contributed by atoms with E-state index in [-0.39, 0.29) is 28.2 Å². The third kappa shape index (κ3) is 6.99. The molecule has 0 aliphatic heterocycles. The summed E-state index contributed by atoms with van der Waals surface area (Å²) in [7, 11) is -0.840. The van der Waals surface area contributed by atoms with E-state index in [0.29, 0.717) is 12.2 Å². The molecule has 0 aliphatic carbocycles. The lowest BCUT2D eigenvalue weighted by Gasteiger charge is -2.32. The number of carbonyl (C=O) groups excluding carboxylic acids is 2. The Bertz CT molecular complexity index is 1110. The van der Waals surface area contributed by atoms with Gasteiger partial charge < -0.3 is 15.0 Å². The van der Waals surface area contributed by atoms with Crippen molar-refractivity contribution in [2.24, 2.45) is 0 Å². The molecule has 0 aliphatic rings. The van der Waals surface area contributed by atoms with Crippen LogP contribution >= 0.6 is 23.2 Å². The molecule has 0 aromatic heterocycles. The fraction of sp³-hybridized carbons (Fsp3) is 0.364. The van der Waals surface area contributed by atoms with Crippen LogP contribution < -0.4 is 14.4 Å². The Labute approximate surface area is 204 Å². The molecule has 0 saturated heterocycles. The van der Waals surface area contributed by atoms with E-state index in [2.05, 4.69) is 5.32 Å². The second kappa shape index (κ2) is 11.6. The normalized spacial score (nSPS) is 12.1. The van der Waals surface area contributed by atoms with Gasteiger partial charge in [0.15, 0.2) is 0 Å². The van der Waals surface area contributed by atoms with Crippen molar-refractivity contribution in [1.29, 1.82) is 0 Å². The number of hydrogen-bond acceptors (Lipinski definition) is 5. The van der Waals surface area contributed by atoms with Gasteiger partial charge in [-0.25, -0.2) is 8.42 Å². The van der Waals surface area contributed by atoms with Gasteiger partial charge in [-0.2, -0.15) is 0 Å². The highest BCUT2D eigenvalue weighted by Crippen LogP contribution is 2.28. The average Bonchev–Trinajstić information content (AvgIpc) is 2.78. The topological polar surface area (TPSA) is 96.0 Å². The molecule has 0 unspecified atom stereocenters. The Morgan fingerprint density at radius 1 is 1.12 bits per heavy atom. The number of sulfonamides is 1. The highest BCUT2D eigenvalue weighted by molar-refractivity contribution is 7.92. The van der Waals surface area contributed by atoms with Gasteiger partial charge in [0.05, 0.1) is 29.1 Å². The summed E-state index contributed by atoms with van der Waals surface area (Å²) in [5.41, 5.74) is 0.917. The molecule has 0 spiro atoms. The maximum atomic E-state index is 13.5. The number of ether oxygens (including phenoxy) is 1. The van der Waals surface area contributed by atoms with E-state index in [0.717, 1.165) is 16.1 Å². The molecule has 0 saturated carbocycles. The number of amides is 2. The monoisotopic (exact) mass is 515 g/mol.